The monoisotopic (exact) mass is 404 g/mol. The molecular weight excluding hydrogens is 376 g/mol. The van der Waals surface area contributed by atoms with Gasteiger partial charge in [0.05, 0.1) is 6.20 Å². The van der Waals surface area contributed by atoms with Gasteiger partial charge in [0.25, 0.3) is 5.91 Å². The first-order valence-corrected chi connectivity index (χ1v) is 10.3. The van der Waals surface area contributed by atoms with Crippen LogP contribution >= 0.6 is 0 Å². The van der Waals surface area contributed by atoms with Gasteiger partial charge in [-0.15, -0.1) is 0 Å². The lowest BCUT2D eigenvalue weighted by atomic mass is 9.87. The topological polar surface area (TPSA) is 75.9 Å². The normalized spacial score (nSPS) is 19.0. The Bertz CT molecular complexity index is 1020. The highest BCUT2D eigenvalue weighted by Gasteiger charge is 2.33. The molecule has 1 saturated heterocycles. The Labute approximate surface area is 177 Å². The Morgan fingerprint density at radius 3 is 2.37 bits per heavy atom. The number of nitrogens with zero attached hydrogens (tertiary/aromatic N) is 5. The molecule has 0 saturated carbocycles. The van der Waals surface area contributed by atoms with E-state index < -0.39 is 0 Å². The summed E-state index contributed by atoms with van der Waals surface area (Å²) >= 11 is 0. The summed E-state index contributed by atoms with van der Waals surface area (Å²) in [5.74, 6) is 0.807. The summed E-state index contributed by atoms with van der Waals surface area (Å²) in [5.41, 5.74) is 5.05. The van der Waals surface area contributed by atoms with Crippen molar-refractivity contribution in [2.75, 3.05) is 18.0 Å². The Balaban J connectivity index is 1.57. The molecule has 1 fully saturated rings. The first kappa shape index (κ1) is 20.1. The molecule has 0 spiro atoms. The van der Waals surface area contributed by atoms with E-state index in [1.165, 1.54) is 0 Å². The predicted molar refractivity (Wildman–Crippen MR) is 117 cm³/mol. The minimum Gasteiger partial charge on any atom is -0.349 e. The summed E-state index contributed by atoms with van der Waals surface area (Å²) in [6.45, 7) is 7.53. The standard InChI is InChI=1S/C23H28N6O/c1-15-7-16(2)9-18(8-15)22(30)27-21-5-6-29(23-24-10-17(3)11-25-23)14-20(21)19-12-26-28(4)13-19/h7-13,20-21H,5-6,14H2,1-4H3,(H,27,30). The highest BCUT2D eigenvalue weighted by molar-refractivity contribution is 5.94. The fourth-order valence-electron chi connectivity index (χ4n) is 4.18. The molecule has 4 rings (SSSR count). The lowest BCUT2D eigenvalue weighted by Crippen LogP contribution is -2.50. The van der Waals surface area contributed by atoms with Crippen molar-refractivity contribution in [2.45, 2.75) is 39.2 Å². The number of carbonyl (C=O) groups excluding carboxylic acids is 1. The average molecular weight is 405 g/mol. The number of aromatic nitrogens is 4. The largest absolute Gasteiger partial charge is 0.349 e. The van der Waals surface area contributed by atoms with Gasteiger partial charge in [-0.3, -0.25) is 9.48 Å². The van der Waals surface area contributed by atoms with E-state index in [0.29, 0.717) is 5.56 Å². The summed E-state index contributed by atoms with van der Waals surface area (Å²) in [7, 11) is 1.91. The van der Waals surface area contributed by atoms with Crippen molar-refractivity contribution in [1.29, 1.82) is 0 Å². The van der Waals surface area contributed by atoms with E-state index in [1.54, 1.807) is 4.68 Å². The molecule has 1 aromatic carbocycles. The lowest BCUT2D eigenvalue weighted by Gasteiger charge is -2.38. The van der Waals surface area contributed by atoms with Crippen molar-refractivity contribution in [3.63, 3.8) is 0 Å². The van der Waals surface area contributed by atoms with Gasteiger partial charge in [0.2, 0.25) is 5.95 Å². The molecule has 156 valence electrons. The van der Waals surface area contributed by atoms with Gasteiger partial charge in [-0.25, -0.2) is 9.97 Å². The number of hydrogen-bond acceptors (Lipinski definition) is 5. The van der Waals surface area contributed by atoms with Gasteiger partial charge in [0.1, 0.15) is 0 Å². The van der Waals surface area contributed by atoms with E-state index in [9.17, 15) is 4.79 Å². The van der Waals surface area contributed by atoms with Gasteiger partial charge >= 0.3 is 0 Å². The maximum absolute atomic E-state index is 13.0. The fourth-order valence-corrected chi connectivity index (χ4v) is 4.18. The second-order valence-corrected chi connectivity index (χ2v) is 8.31. The Morgan fingerprint density at radius 2 is 1.73 bits per heavy atom. The molecule has 1 aliphatic rings. The minimum absolute atomic E-state index is 0.0178. The smallest absolute Gasteiger partial charge is 0.251 e. The molecule has 3 heterocycles. The first-order valence-electron chi connectivity index (χ1n) is 10.3. The van der Waals surface area contributed by atoms with Gasteiger partial charge in [-0.05, 0) is 50.5 Å². The van der Waals surface area contributed by atoms with Gasteiger partial charge < -0.3 is 10.2 Å². The summed E-state index contributed by atoms with van der Waals surface area (Å²) in [4.78, 5) is 24.2. The average Bonchev–Trinajstić information content (AvgIpc) is 3.14. The van der Waals surface area contributed by atoms with Crippen molar-refractivity contribution >= 4 is 11.9 Å². The predicted octanol–water partition coefficient (Wildman–Crippen LogP) is 2.93. The molecule has 30 heavy (non-hydrogen) atoms. The molecule has 0 radical (unpaired) electrons. The van der Waals surface area contributed by atoms with Crippen LogP contribution in [0.25, 0.3) is 0 Å². The second kappa shape index (κ2) is 8.26. The van der Waals surface area contributed by atoms with Crippen LogP contribution in [-0.4, -0.2) is 44.8 Å². The van der Waals surface area contributed by atoms with Gasteiger partial charge in [0, 0.05) is 56.3 Å². The molecule has 1 amide bonds. The van der Waals surface area contributed by atoms with E-state index in [0.717, 1.165) is 47.7 Å². The molecule has 2 aromatic heterocycles. The van der Waals surface area contributed by atoms with Crippen LogP contribution in [0.4, 0.5) is 5.95 Å². The molecule has 0 aliphatic carbocycles. The molecule has 1 N–H and O–H groups in total. The van der Waals surface area contributed by atoms with Gasteiger partial charge in [-0.2, -0.15) is 5.10 Å². The van der Waals surface area contributed by atoms with Crippen LogP contribution in [0.3, 0.4) is 0 Å². The molecular formula is C23H28N6O. The molecule has 7 heteroatoms. The number of benzene rings is 1. The summed E-state index contributed by atoms with van der Waals surface area (Å²) < 4.78 is 1.81. The van der Waals surface area contributed by atoms with E-state index in [-0.39, 0.29) is 17.9 Å². The number of piperidine rings is 1. The quantitative estimate of drug-likeness (QED) is 0.724. The number of amides is 1. The van der Waals surface area contributed by atoms with Crippen molar-refractivity contribution in [1.82, 2.24) is 25.1 Å². The Kier molecular flexibility index (Phi) is 5.53. The van der Waals surface area contributed by atoms with Crippen LogP contribution < -0.4 is 10.2 Å². The molecule has 7 nitrogen and oxygen atoms in total. The van der Waals surface area contributed by atoms with Crippen molar-refractivity contribution < 1.29 is 4.79 Å². The zero-order valence-corrected chi connectivity index (χ0v) is 18.0. The van der Waals surface area contributed by atoms with E-state index in [4.69, 9.17) is 0 Å². The summed E-state index contributed by atoms with van der Waals surface area (Å²) in [6.07, 6.45) is 8.41. The maximum Gasteiger partial charge on any atom is 0.251 e. The third kappa shape index (κ3) is 4.35. The first-order chi connectivity index (χ1) is 14.4. The second-order valence-electron chi connectivity index (χ2n) is 8.31. The number of rotatable bonds is 4. The van der Waals surface area contributed by atoms with Crippen molar-refractivity contribution in [3.8, 4) is 0 Å². The van der Waals surface area contributed by atoms with E-state index >= 15 is 0 Å². The van der Waals surface area contributed by atoms with Gasteiger partial charge in [-0.1, -0.05) is 17.2 Å². The molecule has 0 bridgehead atoms. The third-order valence-electron chi connectivity index (χ3n) is 5.62. The Hall–Kier alpha value is -3.22. The zero-order chi connectivity index (χ0) is 21.3. The van der Waals surface area contributed by atoms with Crippen molar-refractivity contribution in [3.05, 3.63) is 70.8 Å². The third-order valence-corrected chi connectivity index (χ3v) is 5.62. The number of anilines is 1. The van der Waals surface area contributed by atoms with E-state index in [2.05, 4.69) is 31.3 Å². The van der Waals surface area contributed by atoms with E-state index in [1.807, 2.05) is 64.7 Å². The van der Waals surface area contributed by atoms with Crippen molar-refractivity contribution in [2.24, 2.45) is 7.05 Å². The highest BCUT2D eigenvalue weighted by atomic mass is 16.1. The molecule has 1 aliphatic heterocycles. The number of hydrogen-bond donors (Lipinski definition) is 1. The molecule has 3 aromatic rings. The van der Waals surface area contributed by atoms with Crippen LogP contribution in [0.1, 0.15) is 45.0 Å². The number of nitrogens with one attached hydrogen (secondary N) is 1. The minimum atomic E-state index is -0.0271. The van der Waals surface area contributed by atoms with Crippen LogP contribution in [-0.2, 0) is 7.05 Å². The van der Waals surface area contributed by atoms with Crippen LogP contribution in [0, 0.1) is 20.8 Å². The summed E-state index contributed by atoms with van der Waals surface area (Å²) in [5, 5.41) is 7.64. The maximum atomic E-state index is 13.0. The summed E-state index contributed by atoms with van der Waals surface area (Å²) in [6, 6.07) is 5.98. The van der Waals surface area contributed by atoms with Crippen LogP contribution in [0.15, 0.2) is 43.0 Å². The number of aryl methyl sites for hydroxylation is 4. The fraction of sp³-hybridized carbons (Fsp3) is 0.391. The van der Waals surface area contributed by atoms with Gasteiger partial charge in [0.15, 0.2) is 0 Å². The Morgan fingerprint density at radius 1 is 1.03 bits per heavy atom. The lowest BCUT2D eigenvalue weighted by molar-refractivity contribution is 0.0925. The zero-order valence-electron chi connectivity index (χ0n) is 18.0. The molecule has 2 unspecified atom stereocenters. The number of carbonyl (C=O) groups is 1. The highest BCUT2D eigenvalue weighted by Crippen LogP contribution is 2.29. The molecule has 2 atom stereocenters. The van der Waals surface area contributed by atoms with Crippen LogP contribution in [0.2, 0.25) is 0 Å². The van der Waals surface area contributed by atoms with Crippen LogP contribution in [0.5, 0.6) is 0 Å². The SMILES string of the molecule is Cc1cnc(N2CCC(NC(=O)c3cc(C)cc(C)c3)C(c3cnn(C)c3)C2)nc1.